The van der Waals surface area contributed by atoms with Gasteiger partial charge in [-0.25, -0.2) is 4.98 Å². The Morgan fingerprint density at radius 2 is 1.93 bits per heavy atom. The van der Waals surface area contributed by atoms with Crippen molar-refractivity contribution in [3.8, 4) is 11.5 Å². The zero-order chi connectivity index (χ0) is 21.3. The van der Waals surface area contributed by atoms with Crippen LogP contribution in [-0.2, 0) is 19.7 Å². The molecule has 8 heteroatoms. The van der Waals surface area contributed by atoms with E-state index in [9.17, 15) is 0 Å². The van der Waals surface area contributed by atoms with Crippen LogP contribution in [0.5, 0.6) is 11.5 Å². The topological polar surface area (TPSA) is 48.3 Å². The predicted molar refractivity (Wildman–Crippen MR) is 122 cm³/mol. The highest BCUT2D eigenvalue weighted by Gasteiger charge is 2.14. The first-order valence-corrected chi connectivity index (χ1v) is 10.9. The number of imidazole rings is 1. The number of rotatable bonds is 11. The van der Waals surface area contributed by atoms with E-state index in [0.29, 0.717) is 39.7 Å². The molecule has 160 valence electrons. The van der Waals surface area contributed by atoms with E-state index in [2.05, 4.69) is 14.9 Å². The fourth-order valence-corrected chi connectivity index (χ4v) is 3.70. The van der Waals surface area contributed by atoms with Gasteiger partial charge in [-0.1, -0.05) is 40.9 Å². The summed E-state index contributed by atoms with van der Waals surface area (Å²) in [5.41, 5.74) is 1.85. The van der Waals surface area contributed by atoms with E-state index in [1.54, 1.807) is 18.3 Å². The molecule has 0 amide bonds. The number of halogens is 3. The lowest BCUT2D eigenvalue weighted by Gasteiger charge is -2.16. The molecular formula is C22H24Cl3N3O2. The zero-order valence-corrected chi connectivity index (χ0v) is 19.0. The number of benzene rings is 2. The van der Waals surface area contributed by atoms with E-state index in [-0.39, 0.29) is 6.61 Å². The highest BCUT2D eigenvalue weighted by molar-refractivity contribution is 6.35. The molecule has 0 bridgehead atoms. The summed E-state index contributed by atoms with van der Waals surface area (Å²) in [4.78, 5) is 4.05. The summed E-state index contributed by atoms with van der Waals surface area (Å²) < 4.78 is 13.8. The van der Waals surface area contributed by atoms with Gasteiger partial charge in [0.15, 0.2) is 11.5 Å². The van der Waals surface area contributed by atoms with Crippen LogP contribution in [0, 0.1) is 0 Å². The van der Waals surface area contributed by atoms with Gasteiger partial charge in [0.1, 0.15) is 6.61 Å². The van der Waals surface area contributed by atoms with E-state index in [4.69, 9.17) is 44.3 Å². The van der Waals surface area contributed by atoms with E-state index in [1.165, 1.54) is 0 Å². The van der Waals surface area contributed by atoms with Crippen molar-refractivity contribution in [3.05, 3.63) is 75.2 Å². The summed E-state index contributed by atoms with van der Waals surface area (Å²) >= 11 is 18.7. The van der Waals surface area contributed by atoms with E-state index in [1.807, 2.05) is 37.6 Å². The van der Waals surface area contributed by atoms with Crippen LogP contribution >= 0.6 is 34.8 Å². The Labute approximate surface area is 191 Å². The third kappa shape index (κ3) is 6.54. The molecule has 0 spiro atoms. The van der Waals surface area contributed by atoms with Crippen LogP contribution in [0.25, 0.3) is 0 Å². The lowest BCUT2D eigenvalue weighted by molar-refractivity contribution is 0.269. The summed E-state index contributed by atoms with van der Waals surface area (Å²) in [6.45, 7) is 5.20. The Morgan fingerprint density at radius 1 is 1.07 bits per heavy atom. The molecule has 0 saturated heterocycles. The highest BCUT2D eigenvalue weighted by atomic mass is 35.5. The maximum Gasteiger partial charge on any atom is 0.180 e. The molecule has 1 N–H and O–H groups in total. The maximum atomic E-state index is 6.51. The Morgan fingerprint density at radius 3 is 2.67 bits per heavy atom. The minimum atomic E-state index is 0.266. The third-order valence-corrected chi connectivity index (χ3v) is 5.28. The smallest absolute Gasteiger partial charge is 0.180 e. The first-order valence-electron chi connectivity index (χ1n) is 9.75. The van der Waals surface area contributed by atoms with Gasteiger partial charge in [-0.05, 0) is 49.7 Å². The van der Waals surface area contributed by atoms with E-state index in [0.717, 1.165) is 30.6 Å². The van der Waals surface area contributed by atoms with E-state index < -0.39 is 0 Å². The second-order valence-electron chi connectivity index (χ2n) is 6.69. The third-order valence-electron chi connectivity index (χ3n) is 4.41. The molecule has 3 rings (SSSR count). The van der Waals surface area contributed by atoms with Gasteiger partial charge in [0, 0.05) is 41.1 Å². The Kier molecular flexibility index (Phi) is 8.70. The lowest BCUT2D eigenvalue weighted by atomic mass is 10.2. The number of nitrogens with zero attached hydrogens (tertiary/aromatic N) is 2. The van der Waals surface area contributed by atoms with Crippen molar-refractivity contribution in [1.29, 1.82) is 0 Å². The fourth-order valence-electron chi connectivity index (χ4n) is 2.95. The van der Waals surface area contributed by atoms with Crippen molar-refractivity contribution in [2.45, 2.75) is 33.0 Å². The van der Waals surface area contributed by atoms with Crippen molar-refractivity contribution < 1.29 is 9.47 Å². The van der Waals surface area contributed by atoms with Gasteiger partial charge in [-0.2, -0.15) is 0 Å². The lowest BCUT2D eigenvalue weighted by Crippen LogP contribution is -2.16. The SMILES string of the molecule is CCOc1cc(CNCCCn2ccnc2)cc(Cl)c1OCc1ccc(Cl)cc1Cl. The normalized spacial score (nSPS) is 10.9. The molecule has 3 aromatic rings. The van der Waals surface area contributed by atoms with Crippen LogP contribution in [-0.4, -0.2) is 22.7 Å². The van der Waals surface area contributed by atoms with Crippen molar-refractivity contribution in [3.63, 3.8) is 0 Å². The molecule has 2 aromatic carbocycles. The van der Waals surface area contributed by atoms with Crippen LogP contribution < -0.4 is 14.8 Å². The Hall–Kier alpha value is -1.92. The van der Waals surface area contributed by atoms with Gasteiger partial charge in [-0.15, -0.1) is 0 Å². The van der Waals surface area contributed by atoms with Gasteiger partial charge >= 0.3 is 0 Å². The summed E-state index contributed by atoms with van der Waals surface area (Å²) in [7, 11) is 0. The average Bonchev–Trinajstić information content (AvgIpc) is 3.22. The Bertz CT molecular complexity index is 949. The van der Waals surface area contributed by atoms with Gasteiger partial charge < -0.3 is 19.4 Å². The quantitative estimate of drug-likeness (QED) is 0.351. The monoisotopic (exact) mass is 467 g/mol. The van der Waals surface area contributed by atoms with Crippen molar-refractivity contribution in [2.24, 2.45) is 0 Å². The standard InChI is InChI=1S/C22H24Cl3N3O2/c1-2-29-21-11-16(13-26-6-3-8-28-9-7-27-15-28)10-20(25)22(21)30-14-17-4-5-18(23)12-19(17)24/h4-5,7,9-12,15,26H,2-3,6,8,13-14H2,1H3. The van der Waals surface area contributed by atoms with Gasteiger partial charge in [0.05, 0.1) is 18.0 Å². The summed E-state index contributed by atoms with van der Waals surface area (Å²) in [5.74, 6) is 1.12. The highest BCUT2D eigenvalue weighted by Crippen LogP contribution is 2.37. The van der Waals surface area contributed by atoms with Crippen LogP contribution in [0.2, 0.25) is 15.1 Å². The van der Waals surface area contributed by atoms with Gasteiger partial charge in [-0.3, -0.25) is 0 Å². The predicted octanol–water partition coefficient (Wildman–Crippen LogP) is 6.00. The van der Waals surface area contributed by atoms with Crippen LogP contribution in [0.15, 0.2) is 49.1 Å². The average molecular weight is 469 g/mol. The first kappa shape index (κ1) is 22.8. The molecule has 0 unspecified atom stereocenters. The molecule has 0 radical (unpaired) electrons. The second-order valence-corrected chi connectivity index (χ2v) is 7.94. The van der Waals surface area contributed by atoms with Gasteiger partial charge in [0.2, 0.25) is 0 Å². The molecule has 0 aliphatic rings. The summed E-state index contributed by atoms with van der Waals surface area (Å²) in [5, 5.41) is 5.06. The van der Waals surface area contributed by atoms with Crippen LogP contribution in [0.3, 0.4) is 0 Å². The largest absolute Gasteiger partial charge is 0.490 e. The molecule has 0 atom stereocenters. The molecular weight excluding hydrogens is 445 g/mol. The molecule has 1 aromatic heterocycles. The van der Waals surface area contributed by atoms with Crippen molar-refractivity contribution in [1.82, 2.24) is 14.9 Å². The van der Waals surface area contributed by atoms with Crippen LogP contribution in [0.4, 0.5) is 0 Å². The summed E-state index contributed by atoms with van der Waals surface area (Å²) in [6.07, 6.45) is 6.58. The molecule has 0 aliphatic carbocycles. The zero-order valence-electron chi connectivity index (χ0n) is 16.7. The number of hydrogen-bond acceptors (Lipinski definition) is 4. The number of aromatic nitrogens is 2. The minimum absolute atomic E-state index is 0.266. The molecule has 0 saturated carbocycles. The number of nitrogens with one attached hydrogen (secondary N) is 1. The Balaban J connectivity index is 1.59. The maximum absolute atomic E-state index is 6.51. The van der Waals surface area contributed by atoms with Crippen molar-refractivity contribution >= 4 is 34.8 Å². The fraction of sp³-hybridized carbons (Fsp3) is 0.318. The first-order chi connectivity index (χ1) is 14.6. The second kappa shape index (κ2) is 11.5. The van der Waals surface area contributed by atoms with Gasteiger partial charge in [0.25, 0.3) is 0 Å². The minimum Gasteiger partial charge on any atom is -0.490 e. The molecule has 0 fully saturated rings. The molecule has 5 nitrogen and oxygen atoms in total. The number of aryl methyl sites for hydroxylation is 1. The van der Waals surface area contributed by atoms with E-state index >= 15 is 0 Å². The van der Waals surface area contributed by atoms with Crippen LogP contribution in [0.1, 0.15) is 24.5 Å². The number of ether oxygens (including phenoxy) is 2. The van der Waals surface area contributed by atoms with Crippen molar-refractivity contribution in [2.75, 3.05) is 13.2 Å². The molecule has 0 aliphatic heterocycles. The molecule has 30 heavy (non-hydrogen) atoms. The number of hydrogen-bond donors (Lipinski definition) is 1. The summed E-state index contributed by atoms with van der Waals surface area (Å²) in [6, 6.07) is 9.15. The molecule has 1 heterocycles.